The van der Waals surface area contributed by atoms with E-state index < -0.39 is 0 Å². The molecule has 166 valence electrons. The molecule has 0 bridgehead atoms. The molecule has 1 unspecified atom stereocenters. The molecule has 1 N–H and O–H groups in total. The van der Waals surface area contributed by atoms with Gasteiger partial charge in [0.1, 0.15) is 11.6 Å². The molecule has 4 rings (SSSR count). The average Bonchev–Trinajstić information content (AvgIpc) is 3.23. The number of nitrogens with zero attached hydrogens (tertiary/aromatic N) is 3. The predicted octanol–water partition coefficient (Wildman–Crippen LogP) is 5.05. The second-order valence-electron chi connectivity index (χ2n) is 8.02. The molecule has 0 saturated carbocycles. The van der Waals surface area contributed by atoms with Crippen LogP contribution in [0.2, 0.25) is 0 Å². The molecule has 1 aliphatic rings. The van der Waals surface area contributed by atoms with E-state index in [1.54, 1.807) is 25.6 Å². The largest absolute Gasteiger partial charge is 0.495 e. The summed E-state index contributed by atoms with van der Waals surface area (Å²) in [5.41, 5.74) is 5.76. The van der Waals surface area contributed by atoms with E-state index in [-0.39, 0.29) is 18.5 Å². The van der Waals surface area contributed by atoms with Crippen LogP contribution in [0.1, 0.15) is 35.7 Å². The van der Waals surface area contributed by atoms with Gasteiger partial charge in [-0.05, 0) is 66.8 Å². The van der Waals surface area contributed by atoms with Crippen LogP contribution < -0.4 is 4.74 Å². The average molecular weight is 434 g/mol. The summed E-state index contributed by atoms with van der Waals surface area (Å²) in [4.78, 5) is 6.41. The summed E-state index contributed by atoms with van der Waals surface area (Å²) in [5, 5.41) is 10.1. The molecular weight excluding hydrogens is 405 g/mol. The summed E-state index contributed by atoms with van der Waals surface area (Å²) < 4.78 is 20.9. The van der Waals surface area contributed by atoms with Gasteiger partial charge in [-0.25, -0.2) is 9.37 Å². The van der Waals surface area contributed by atoms with Crippen molar-refractivity contribution in [3.05, 3.63) is 95.5 Å². The fourth-order valence-corrected chi connectivity index (χ4v) is 4.22. The zero-order chi connectivity index (χ0) is 22.7. The third-order valence-electron chi connectivity index (χ3n) is 5.90. The normalized spacial score (nSPS) is 16.4. The van der Waals surface area contributed by atoms with E-state index in [1.807, 2.05) is 29.8 Å². The summed E-state index contributed by atoms with van der Waals surface area (Å²) >= 11 is 0. The van der Waals surface area contributed by atoms with E-state index in [4.69, 9.17) is 4.74 Å². The first-order chi connectivity index (χ1) is 15.5. The number of aryl methyl sites for hydroxylation is 1. The highest BCUT2D eigenvalue weighted by Crippen LogP contribution is 2.35. The van der Waals surface area contributed by atoms with Crippen molar-refractivity contribution in [3.8, 4) is 11.4 Å². The lowest BCUT2D eigenvalue weighted by atomic mass is 9.95. The number of rotatable bonds is 6. The summed E-state index contributed by atoms with van der Waals surface area (Å²) in [6.07, 6.45) is 7.71. The van der Waals surface area contributed by atoms with Crippen molar-refractivity contribution in [3.63, 3.8) is 0 Å². The van der Waals surface area contributed by atoms with Gasteiger partial charge in [-0.15, -0.1) is 0 Å². The molecule has 0 amide bonds. The van der Waals surface area contributed by atoms with Crippen LogP contribution in [-0.4, -0.2) is 39.8 Å². The molecule has 2 heterocycles. The van der Waals surface area contributed by atoms with Crippen LogP contribution in [-0.2, 0) is 0 Å². The molecule has 2 aromatic carbocycles. The zero-order valence-electron chi connectivity index (χ0n) is 18.5. The van der Waals surface area contributed by atoms with Crippen LogP contribution in [0.25, 0.3) is 11.8 Å². The van der Waals surface area contributed by atoms with Gasteiger partial charge in [0.2, 0.25) is 0 Å². The molecule has 1 atom stereocenters. The smallest absolute Gasteiger partial charge is 0.143 e. The number of benzene rings is 2. The Labute approximate surface area is 188 Å². The number of likely N-dealkylation sites (tertiary alicyclic amines) is 1. The Kier molecular flexibility index (Phi) is 6.42. The van der Waals surface area contributed by atoms with Crippen LogP contribution in [0.5, 0.6) is 5.75 Å². The molecule has 0 aliphatic carbocycles. The third kappa shape index (κ3) is 4.46. The summed E-state index contributed by atoms with van der Waals surface area (Å²) in [6, 6.07) is 12.1. The molecule has 5 nitrogen and oxygen atoms in total. The fraction of sp³-hybridized carbons (Fsp3) is 0.269. The Balaban J connectivity index is 1.61. The molecule has 1 fully saturated rings. The molecule has 3 aromatic rings. The minimum absolute atomic E-state index is 0.0647. The van der Waals surface area contributed by atoms with Crippen LogP contribution in [0.3, 0.4) is 0 Å². The highest BCUT2D eigenvalue weighted by Gasteiger charge is 2.26. The summed E-state index contributed by atoms with van der Waals surface area (Å²) in [6.45, 7) is 7.00. The molecule has 0 radical (unpaired) electrons. The van der Waals surface area contributed by atoms with E-state index in [1.165, 1.54) is 12.1 Å². The SMILES string of the molecule is C=C1/C(=C/c2ccc(-n3cnc(C)c3)c(OC)c2)CCCN1C(CO)c1ccc(F)cc1. The first-order valence-electron chi connectivity index (χ1n) is 10.7. The molecular formula is C26H28FN3O2. The van der Waals surface area contributed by atoms with Crippen molar-refractivity contribution in [1.29, 1.82) is 0 Å². The highest BCUT2D eigenvalue weighted by atomic mass is 19.1. The maximum atomic E-state index is 13.4. The van der Waals surface area contributed by atoms with Gasteiger partial charge in [0.05, 0.1) is 37.5 Å². The van der Waals surface area contributed by atoms with Gasteiger partial charge in [0, 0.05) is 18.4 Å². The van der Waals surface area contributed by atoms with Crippen molar-refractivity contribution in [2.24, 2.45) is 0 Å². The topological polar surface area (TPSA) is 50.5 Å². The van der Waals surface area contributed by atoms with Crippen molar-refractivity contribution in [1.82, 2.24) is 14.5 Å². The summed E-state index contributed by atoms with van der Waals surface area (Å²) in [5.74, 6) is 0.473. The number of hydrogen-bond acceptors (Lipinski definition) is 4. The number of aliphatic hydroxyl groups is 1. The number of halogens is 1. The number of hydrogen-bond donors (Lipinski definition) is 1. The number of methoxy groups -OCH3 is 1. The number of imidazole rings is 1. The molecule has 1 aromatic heterocycles. The maximum Gasteiger partial charge on any atom is 0.143 e. The van der Waals surface area contributed by atoms with Gasteiger partial charge >= 0.3 is 0 Å². The van der Waals surface area contributed by atoms with Crippen molar-refractivity contribution < 1.29 is 14.2 Å². The van der Waals surface area contributed by atoms with Crippen LogP contribution in [0, 0.1) is 12.7 Å². The van der Waals surface area contributed by atoms with Gasteiger partial charge in [0.15, 0.2) is 0 Å². The fourth-order valence-electron chi connectivity index (χ4n) is 4.22. The monoisotopic (exact) mass is 433 g/mol. The van der Waals surface area contributed by atoms with Crippen molar-refractivity contribution >= 4 is 6.08 Å². The Hall–Kier alpha value is -3.38. The molecule has 1 saturated heterocycles. The lowest BCUT2D eigenvalue weighted by molar-refractivity contribution is 0.148. The lowest BCUT2D eigenvalue weighted by Crippen LogP contribution is -2.34. The lowest BCUT2D eigenvalue weighted by Gasteiger charge is -2.38. The van der Waals surface area contributed by atoms with Gasteiger partial charge in [-0.3, -0.25) is 0 Å². The highest BCUT2D eigenvalue weighted by molar-refractivity contribution is 5.63. The quantitative estimate of drug-likeness (QED) is 0.591. The maximum absolute atomic E-state index is 13.4. The van der Waals surface area contributed by atoms with Crippen molar-refractivity contribution in [2.45, 2.75) is 25.8 Å². The van der Waals surface area contributed by atoms with Crippen molar-refractivity contribution in [2.75, 3.05) is 20.3 Å². The number of piperidine rings is 1. The Morgan fingerprint density at radius 1 is 1.25 bits per heavy atom. The predicted molar refractivity (Wildman–Crippen MR) is 124 cm³/mol. The minimum Gasteiger partial charge on any atom is -0.495 e. The third-order valence-corrected chi connectivity index (χ3v) is 5.90. The van der Waals surface area contributed by atoms with Crippen LogP contribution in [0.15, 0.2) is 72.8 Å². The second-order valence-corrected chi connectivity index (χ2v) is 8.02. The van der Waals surface area contributed by atoms with E-state index >= 15 is 0 Å². The number of allylic oxidation sites excluding steroid dienone is 1. The number of ether oxygens (including phenoxy) is 1. The van der Waals surface area contributed by atoms with E-state index in [9.17, 15) is 9.50 Å². The van der Waals surface area contributed by atoms with E-state index in [2.05, 4.69) is 28.6 Å². The molecule has 6 heteroatoms. The standard InChI is InChI=1S/C26H28FN3O2/c1-18-15-29(17-28-18)24-11-6-20(14-26(24)32-3)13-22-5-4-12-30(19(22)2)25(16-31)21-7-9-23(27)10-8-21/h6-11,13-15,17,25,31H,2,4-5,12,16H2,1,3H3/b22-13+. The van der Waals surface area contributed by atoms with E-state index in [0.717, 1.165) is 58.9 Å². The zero-order valence-corrected chi connectivity index (χ0v) is 18.5. The van der Waals surface area contributed by atoms with Gasteiger partial charge in [-0.1, -0.05) is 24.8 Å². The Morgan fingerprint density at radius 2 is 2.03 bits per heavy atom. The Bertz CT molecular complexity index is 1130. The Morgan fingerprint density at radius 3 is 2.69 bits per heavy atom. The first kappa shape index (κ1) is 21.8. The van der Waals surface area contributed by atoms with Gasteiger partial charge < -0.3 is 19.3 Å². The first-order valence-corrected chi connectivity index (χ1v) is 10.7. The molecule has 0 spiro atoms. The summed E-state index contributed by atoms with van der Waals surface area (Å²) in [7, 11) is 1.66. The minimum atomic E-state index is -0.285. The number of aliphatic hydroxyl groups excluding tert-OH is 1. The second kappa shape index (κ2) is 9.40. The van der Waals surface area contributed by atoms with Crippen LogP contribution in [0.4, 0.5) is 4.39 Å². The van der Waals surface area contributed by atoms with Gasteiger partial charge in [-0.2, -0.15) is 0 Å². The van der Waals surface area contributed by atoms with Gasteiger partial charge in [0.25, 0.3) is 0 Å². The van der Waals surface area contributed by atoms with Crippen LogP contribution >= 0.6 is 0 Å². The number of aromatic nitrogens is 2. The molecule has 32 heavy (non-hydrogen) atoms. The molecule has 1 aliphatic heterocycles. The van der Waals surface area contributed by atoms with E-state index in [0.29, 0.717) is 0 Å².